The molecule has 4 bridgehead atoms. The first kappa shape index (κ1) is 23.1. The van der Waals surface area contributed by atoms with Crippen molar-refractivity contribution in [2.45, 2.75) is 57.8 Å². The lowest BCUT2D eigenvalue weighted by atomic mass is 9.52. The van der Waals surface area contributed by atoms with E-state index in [0.717, 1.165) is 42.1 Å². The molecule has 1 aromatic rings. The van der Waals surface area contributed by atoms with Crippen LogP contribution in [0, 0.1) is 35.4 Å². The zero-order chi connectivity index (χ0) is 23.2. The van der Waals surface area contributed by atoms with Gasteiger partial charge < -0.3 is 9.47 Å². The summed E-state index contributed by atoms with van der Waals surface area (Å²) in [6.07, 6.45) is 8.57. The number of benzene rings is 1. The summed E-state index contributed by atoms with van der Waals surface area (Å²) in [7, 11) is -3.90. The minimum Gasteiger partial charge on any atom is -0.493 e. The van der Waals surface area contributed by atoms with Crippen molar-refractivity contribution in [2.24, 2.45) is 29.6 Å². The van der Waals surface area contributed by atoms with Gasteiger partial charge >= 0.3 is 0 Å². The monoisotopic (exact) mass is 479 g/mol. The van der Waals surface area contributed by atoms with E-state index in [-0.39, 0.29) is 23.8 Å². The zero-order valence-electron chi connectivity index (χ0n) is 19.2. The Hall–Kier alpha value is -1.67. The number of sulfonamides is 1. The van der Waals surface area contributed by atoms with E-state index in [1.54, 1.807) is 6.92 Å². The van der Waals surface area contributed by atoms with E-state index >= 15 is 0 Å². The highest BCUT2D eigenvalue weighted by Crippen LogP contribution is 2.56. The van der Waals surface area contributed by atoms with Gasteiger partial charge in [0.1, 0.15) is 11.6 Å². The van der Waals surface area contributed by atoms with Crippen LogP contribution < -0.4 is 9.46 Å². The molecule has 0 heterocycles. The number of carbonyl (C=O) groups excluding carboxylic acids is 1. The van der Waals surface area contributed by atoms with Gasteiger partial charge in [0.25, 0.3) is 5.91 Å². The van der Waals surface area contributed by atoms with Gasteiger partial charge in [0.2, 0.25) is 10.0 Å². The van der Waals surface area contributed by atoms with E-state index in [2.05, 4.69) is 0 Å². The zero-order valence-corrected chi connectivity index (χ0v) is 20.0. The van der Waals surface area contributed by atoms with Gasteiger partial charge in [0.15, 0.2) is 0 Å². The highest BCUT2D eigenvalue weighted by atomic mass is 32.2. The van der Waals surface area contributed by atoms with Gasteiger partial charge in [0, 0.05) is 12.7 Å². The van der Waals surface area contributed by atoms with Gasteiger partial charge in [-0.15, -0.1) is 0 Å². The summed E-state index contributed by atoms with van der Waals surface area (Å²) in [4.78, 5) is 12.6. The highest BCUT2D eigenvalue weighted by Gasteiger charge is 2.48. The summed E-state index contributed by atoms with van der Waals surface area (Å²) < 4.78 is 52.5. The molecule has 1 N–H and O–H groups in total. The van der Waals surface area contributed by atoms with Crippen molar-refractivity contribution in [3.63, 3.8) is 0 Å². The number of carbonyl (C=O) groups is 1. The van der Waals surface area contributed by atoms with E-state index in [0.29, 0.717) is 24.9 Å². The van der Waals surface area contributed by atoms with E-state index in [1.807, 2.05) is 4.72 Å². The Morgan fingerprint density at radius 3 is 2.36 bits per heavy atom. The Bertz CT molecular complexity index is 978. The molecule has 6 rings (SSSR count). The van der Waals surface area contributed by atoms with Crippen LogP contribution in [0.5, 0.6) is 5.75 Å². The molecule has 1 aromatic carbocycles. The number of ether oxygens (including phenoxy) is 2. The number of hydrogen-bond donors (Lipinski definition) is 1. The van der Waals surface area contributed by atoms with Gasteiger partial charge in [-0.2, -0.15) is 0 Å². The minimum absolute atomic E-state index is 0.0215. The molecule has 5 fully saturated rings. The molecule has 0 aromatic heterocycles. The summed E-state index contributed by atoms with van der Waals surface area (Å²) in [5.74, 6) is 2.47. The molecule has 5 aliphatic carbocycles. The van der Waals surface area contributed by atoms with Crippen molar-refractivity contribution >= 4 is 15.9 Å². The fraction of sp³-hybridized carbons (Fsp3) is 0.720. The van der Waals surface area contributed by atoms with Crippen molar-refractivity contribution in [3.05, 3.63) is 29.1 Å². The van der Waals surface area contributed by atoms with Crippen LogP contribution in [0.4, 0.5) is 4.39 Å². The average Bonchev–Trinajstić information content (AvgIpc) is 3.57. The Kier molecular flexibility index (Phi) is 6.42. The van der Waals surface area contributed by atoms with Crippen LogP contribution in [0.15, 0.2) is 12.1 Å². The summed E-state index contributed by atoms with van der Waals surface area (Å²) in [5, 5.41) is 0. The smallest absolute Gasteiger partial charge is 0.267 e. The van der Waals surface area contributed by atoms with Gasteiger partial charge in [0.05, 0.1) is 24.5 Å². The van der Waals surface area contributed by atoms with E-state index < -0.39 is 21.7 Å². The van der Waals surface area contributed by atoms with Gasteiger partial charge in [-0.1, -0.05) is 0 Å². The predicted molar refractivity (Wildman–Crippen MR) is 122 cm³/mol. The van der Waals surface area contributed by atoms with Crippen molar-refractivity contribution in [3.8, 4) is 5.75 Å². The normalized spacial score (nSPS) is 30.4. The molecule has 0 spiro atoms. The lowest BCUT2D eigenvalue weighted by Crippen LogP contribution is -2.47. The summed E-state index contributed by atoms with van der Waals surface area (Å²) in [6, 6.07) is 2.78. The van der Waals surface area contributed by atoms with Gasteiger partial charge in [-0.3, -0.25) is 4.79 Å². The van der Waals surface area contributed by atoms with Crippen LogP contribution in [0.2, 0.25) is 0 Å². The molecule has 33 heavy (non-hydrogen) atoms. The SMILES string of the molecule is CCOCCS(=O)(=O)NC(=O)c1cc(C2CC2)c(OCC2C3CC4CC(C3)CC2C4)cc1F. The fourth-order valence-corrected chi connectivity index (χ4v) is 7.47. The largest absolute Gasteiger partial charge is 0.493 e. The number of halogens is 1. The van der Waals surface area contributed by atoms with Crippen LogP contribution in [0.25, 0.3) is 0 Å². The third-order valence-electron chi connectivity index (χ3n) is 8.16. The Balaban J connectivity index is 1.28. The molecular weight excluding hydrogens is 445 g/mol. The quantitative estimate of drug-likeness (QED) is 0.508. The number of nitrogens with one attached hydrogen (secondary N) is 1. The van der Waals surface area contributed by atoms with Crippen molar-refractivity contribution in [1.29, 1.82) is 0 Å². The lowest BCUT2D eigenvalue weighted by Gasteiger charge is -2.54. The number of amides is 1. The topological polar surface area (TPSA) is 81.7 Å². The second kappa shape index (κ2) is 9.17. The predicted octanol–water partition coefficient (Wildman–Crippen LogP) is 4.25. The second-order valence-corrected chi connectivity index (χ2v) is 12.3. The molecule has 0 radical (unpaired) electrons. The van der Waals surface area contributed by atoms with E-state index in [1.165, 1.54) is 44.2 Å². The number of rotatable bonds is 10. The molecule has 8 heteroatoms. The average molecular weight is 480 g/mol. The second-order valence-electron chi connectivity index (χ2n) is 10.5. The van der Waals surface area contributed by atoms with Crippen molar-refractivity contribution in [1.82, 2.24) is 4.72 Å². The molecule has 6 nitrogen and oxygen atoms in total. The molecule has 0 unspecified atom stereocenters. The first-order valence-electron chi connectivity index (χ1n) is 12.4. The van der Waals surface area contributed by atoms with Crippen LogP contribution in [0.1, 0.15) is 73.7 Å². The third kappa shape index (κ3) is 5.06. The molecule has 182 valence electrons. The number of hydrogen-bond acceptors (Lipinski definition) is 5. The molecule has 5 aliphatic rings. The van der Waals surface area contributed by atoms with Gasteiger partial charge in [-0.25, -0.2) is 17.5 Å². The van der Waals surface area contributed by atoms with Gasteiger partial charge in [-0.05, 0) is 99.0 Å². The molecule has 0 saturated heterocycles. The standard InChI is InChI=1S/C25H34FNO5S/c1-2-31-5-6-33(29,30)27-25(28)21-12-20(17-3-4-17)24(13-23(21)26)32-14-22-18-8-15-7-16(10-18)11-19(22)9-15/h12-13,15-19,22H,2-11,14H2,1H3,(H,27,28). The van der Waals surface area contributed by atoms with Crippen LogP contribution in [0.3, 0.4) is 0 Å². The molecule has 1 amide bonds. The van der Waals surface area contributed by atoms with Crippen LogP contribution in [-0.4, -0.2) is 39.9 Å². The maximum Gasteiger partial charge on any atom is 0.267 e. The van der Waals surface area contributed by atoms with E-state index in [4.69, 9.17) is 9.47 Å². The van der Waals surface area contributed by atoms with Crippen molar-refractivity contribution < 1.29 is 27.1 Å². The van der Waals surface area contributed by atoms with Crippen LogP contribution in [-0.2, 0) is 14.8 Å². The summed E-state index contributed by atoms with van der Waals surface area (Å²) in [5.41, 5.74) is 0.566. The Morgan fingerprint density at radius 1 is 1.09 bits per heavy atom. The van der Waals surface area contributed by atoms with E-state index in [9.17, 15) is 17.6 Å². The molecular formula is C25H34FNO5S. The lowest BCUT2D eigenvalue weighted by molar-refractivity contribution is -0.0530. The maximum atomic E-state index is 14.9. The van der Waals surface area contributed by atoms with Crippen molar-refractivity contribution in [2.75, 3.05) is 25.6 Å². The first-order chi connectivity index (χ1) is 15.8. The highest BCUT2D eigenvalue weighted by molar-refractivity contribution is 7.90. The third-order valence-corrected chi connectivity index (χ3v) is 9.36. The minimum atomic E-state index is -3.90. The maximum absolute atomic E-state index is 14.9. The summed E-state index contributed by atoms with van der Waals surface area (Å²) in [6.45, 7) is 2.72. The Labute approximate surface area is 195 Å². The fourth-order valence-electron chi connectivity index (χ4n) is 6.64. The molecule has 5 saturated carbocycles. The molecule has 0 aliphatic heterocycles. The molecule has 0 atom stereocenters. The first-order valence-corrected chi connectivity index (χ1v) is 14.1. The summed E-state index contributed by atoms with van der Waals surface area (Å²) >= 11 is 0. The van der Waals surface area contributed by atoms with Crippen LogP contribution >= 0.6 is 0 Å². The Morgan fingerprint density at radius 2 is 1.76 bits per heavy atom.